The summed E-state index contributed by atoms with van der Waals surface area (Å²) in [6.07, 6.45) is 2.74. The molecule has 1 saturated heterocycles. The number of aromatic hydroxyl groups is 1. The van der Waals surface area contributed by atoms with Crippen LogP contribution in [-0.2, 0) is 33.6 Å². The van der Waals surface area contributed by atoms with E-state index in [1.54, 1.807) is 31.3 Å². The number of phenols is 1. The molecule has 1 aliphatic heterocycles. The lowest BCUT2D eigenvalue weighted by atomic mass is 9.58. The number of hydrogen-bond acceptors (Lipinski definition) is 11. The quantitative estimate of drug-likeness (QED) is 0.252. The van der Waals surface area contributed by atoms with Gasteiger partial charge in [-0.3, -0.25) is 14.5 Å². The van der Waals surface area contributed by atoms with Gasteiger partial charge >= 0.3 is 0 Å². The number of carbonyl (C=O) groups is 2. The summed E-state index contributed by atoms with van der Waals surface area (Å²) in [5.74, 6) is -5.84. The summed E-state index contributed by atoms with van der Waals surface area (Å²) in [7, 11) is 7.08. The first-order valence-corrected chi connectivity index (χ1v) is 14.2. The Kier molecular flexibility index (Phi) is 6.34. The molecule has 12 heteroatoms. The molecule has 43 heavy (non-hydrogen) atoms. The van der Waals surface area contributed by atoms with Gasteiger partial charge in [-0.2, -0.15) is 0 Å². The van der Waals surface area contributed by atoms with E-state index in [-0.39, 0.29) is 29.7 Å². The van der Waals surface area contributed by atoms with E-state index < -0.39 is 63.6 Å². The number of epoxide rings is 1. The first-order chi connectivity index (χ1) is 20.1. The summed E-state index contributed by atoms with van der Waals surface area (Å²) in [6, 6.07) is 4.61. The number of carbonyl (C=O) groups excluding carboxylic acids is 2. The number of ketones is 1. The van der Waals surface area contributed by atoms with E-state index in [4.69, 9.17) is 20.6 Å². The number of fused-ring (bicyclic) bond motifs is 2. The monoisotopic (exact) mass is 594 g/mol. The molecule has 8 N–H and O–H groups in total. The van der Waals surface area contributed by atoms with E-state index in [0.717, 1.165) is 5.69 Å². The summed E-state index contributed by atoms with van der Waals surface area (Å²) < 4.78 is 11.2. The van der Waals surface area contributed by atoms with Gasteiger partial charge in [0.15, 0.2) is 5.60 Å². The number of amides is 1. The average Bonchev–Trinajstić information content (AvgIpc) is 3.22. The Labute approximate surface area is 248 Å². The molecule has 6 rings (SSSR count). The molecule has 2 aromatic rings. The molecule has 2 heterocycles. The smallest absolute Gasteiger partial charge is 0.253 e. The minimum absolute atomic E-state index is 0.00523. The van der Waals surface area contributed by atoms with Crippen molar-refractivity contribution in [2.24, 2.45) is 23.3 Å². The van der Waals surface area contributed by atoms with Crippen molar-refractivity contribution in [1.29, 1.82) is 0 Å². The summed E-state index contributed by atoms with van der Waals surface area (Å²) in [4.78, 5) is 30.3. The molecule has 1 aromatic heterocycles. The molecule has 6 atom stereocenters. The molecule has 1 aromatic carbocycles. The number of aliphatic hydroxyl groups excluding tert-OH is 2. The topological polar surface area (TPSA) is 199 Å². The maximum Gasteiger partial charge on any atom is 0.253 e. The van der Waals surface area contributed by atoms with Crippen molar-refractivity contribution in [3.8, 4) is 5.75 Å². The van der Waals surface area contributed by atoms with Crippen LogP contribution in [-0.4, -0.2) is 88.2 Å². The van der Waals surface area contributed by atoms with Crippen molar-refractivity contribution >= 4 is 23.1 Å². The highest BCUT2D eigenvalue weighted by atomic mass is 16.8. The predicted octanol–water partition coefficient (Wildman–Crippen LogP) is 1.28. The van der Waals surface area contributed by atoms with Gasteiger partial charge in [0.1, 0.15) is 28.6 Å². The van der Waals surface area contributed by atoms with Crippen LogP contribution in [0.3, 0.4) is 0 Å². The van der Waals surface area contributed by atoms with Crippen molar-refractivity contribution in [3.63, 3.8) is 0 Å². The number of likely N-dealkylation sites (N-methyl/N-ethyl adjacent to an activating group) is 1. The fourth-order valence-electron chi connectivity index (χ4n) is 7.80. The number of ether oxygens (including phenoxy) is 1. The molecule has 230 valence electrons. The molecule has 2 fully saturated rings. The fraction of sp³-hybridized carbons (Fsp3) is 0.484. The van der Waals surface area contributed by atoms with E-state index in [1.165, 1.54) is 0 Å². The SMILES string of the molecule is CN(C)c1cc(CC(C)(N)Cc2ccco2)c(O)c2c1C[C@H]1C[C@H]3[C@H](N(C)C)C(O)=C(C(N)=O)C4(O)O[C@]34C(=O)C1=C2O. The van der Waals surface area contributed by atoms with Crippen molar-refractivity contribution in [3.05, 3.63) is 63.8 Å². The van der Waals surface area contributed by atoms with Crippen LogP contribution in [0.15, 0.2) is 45.8 Å². The van der Waals surface area contributed by atoms with Crippen molar-refractivity contribution in [1.82, 2.24) is 4.90 Å². The lowest BCUT2D eigenvalue weighted by Crippen LogP contribution is -2.60. The summed E-state index contributed by atoms with van der Waals surface area (Å²) in [6.45, 7) is 1.84. The minimum Gasteiger partial charge on any atom is -0.510 e. The number of rotatable bonds is 7. The number of primary amides is 1. The van der Waals surface area contributed by atoms with Gasteiger partial charge in [0.05, 0.1) is 17.9 Å². The van der Waals surface area contributed by atoms with Crippen LogP contribution in [0.2, 0.25) is 0 Å². The molecule has 12 nitrogen and oxygen atoms in total. The second-order valence-electron chi connectivity index (χ2n) is 13.1. The Bertz CT molecular complexity index is 1610. The Morgan fingerprint density at radius 2 is 1.88 bits per heavy atom. The highest BCUT2D eigenvalue weighted by Crippen LogP contribution is 2.67. The number of nitrogens with zero attached hydrogens (tertiary/aromatic N) is 2. The second-order valence-corrected chi connectivity index (χ2v) is 13.1. The number of nitrogens with two attached hydrogens (primary N) is 2. The minimum atomic E-state index is -2.43. The Morgan fingerprint density at radius 3 is 2.47 bits per heavy atom. The number of hydrogen-bond donors (Lipinski definition) is 6. The fourth-order valence-corrected chi connectivity index (χ4v) is 7.80. The van der Waals surface area contributed by atoms with Crippen LogP contribution >= 0.6 is 0 Å². The average molecular weight is 595 g/mol. The largest absolute Gasteiger partial charge is 0.510 e. The predicted molar refractivity (Wildman–Crippen MR) is 156 cm³/mol. The van der Waals surface area contributed by atoms with Gasteiger partial charge in [0, 0.05) is 43.2 Å². The van der Waals surface area contributed by atoms with Gasteiger partial charge in [-0.1, -0.05) is 0 Å². The summed E-state index contributed by atoms with van der Waals surface area (Å²) in [5, 5.41) is 45.9. The summed E-state index contributed by atoms with van der Waals surface area (Å²) >= 11 is 0. The number of phenolic OH excluding ortho intramolecular Hbond substituents is 1. The molecule has 2 unspecified atom stereocenters. The van der Waals surface area contributed by atoms with Crippen LogP contribution in [0, 0.1) is 11.8 Å². The first-order valence-electron chi connectivity index (χ1n) is 14.2. The zero-order valence-corrected chi connectivity index (χ0v) is 24.8. The Morgan fingerprint density at radius 1 is 1.19 bits per heavy atom. The lowest BCUT2D eigenvalue weighted by molar-refractivity contribution is -0.127. The van der Waals surface area contributed by atoms with Crippen molar-refractivity contribution in [2.75, 3.05) is 33.1 Å². The second kappa shape index (κ2) is 9.33. The maximum absolute atomic E-state index is 14.3. The molecule has 0 radical (unpaired) electrons. The van der Waals surface area contributed by atoms with Gasteiger partial charge in [-0.05, 0) is 75.5 Å². The zero-order chi connectivity index (χ0) is 31.4. The number of furan rings is 1. The number of aliphatic hydroxyl groups is 3. The van der Waals surface area contributed by atoms with Crippen LogP contribution in [0.1, 0.15) is 35.8 Å². The number of benzene rings is 1. The number of anilines is 1. The lowest BCUT2D eigenvalue weighted by Gasteiger charge is -2.46. The van der Waals surface area contributed by atoms with E-state index in [9.17, 15) is 30.0 Å². The van der Waals surface area contributed by atoms with Gasteiger partial charge in [-0.25, -0.2) is 0 Å². The molecule has 1 saturated carbocycles. The van der Waals surface area contributed by atoms with E-state index in [0.29, 0.717) is 29.7 Å². The third-order valence-corrected chi connectivity index (χ3v) is 9.52. The number of Topliss-reactive ketones (excluding diaryl/α,β-unsaturated/α-hetero) is 1. The molecule has 3 aliphatic carbocycles. The van der Waals surface area contributed by atoms with E-state index >= 15 is 0 Å². The highest BCUT2D eigenvalue weighted by molar-refractivity contribution is 6.14. The van der Waals surface area contributed by atoms with Crippen LogP contribution in [0.5, 0.6) is 5.75 Å². The summed E-state index contributed by atoms with van der Waals surface area (Å²) in [5.41, 5.74) is 10.9. The van der Waals surface area contributed by atoms with Crippen LogP contribution < -0.4 is 16.4 Å². The Balaban J connectivity index is 1.48. The molecule has 0 bridgehead atoms. The van der Waals surface area contributed by atoms with Gasteiger partial charge in [0.25, 0.3) is 5.91 Å². The third kappa shape index (κ3) is 3.97. The first kappa shape index (κ1) is 29.2. The van der Waals surface area contributed by atoms with Gasteiger partial charge in [-0.15, -0.1) is 0 Å². The molecule has 1 spiro atoms. The van der Waals surface area contributed by atoms with E-state index in [1.807, 2.05) is 38.1 Å². The maximum atomic E-state index is 14.3. The van der Waals surface area contributed by atoms with Crippen molar-refractivity contribution in [2.45, 2.75) is 55.6 Å². The Hall–Kier alpha value is -3.84. The third-order valence-electron chi connectivity index (χ3n) is 9.52. The molecule has 4 aliphatic rings. The van der Waals surface area contributed by atoms with Crippen molar-refractivity contribution < 1.29 is 39.2 Å². The molecular weight excluding hydrogens is 556 g/mol. The van der Waals surface area contributed by atoms with E-state index in [2.05, 4.69) is 0 Å². The molecular formula is C31H38N4O8. The van der Waals surface area contributed by atoms with Gasteiger partial charge in [0.2, 0.25) is 11.6 Å². The zero-order valence-electron chi connectivity index (χ0n) is 24.8. The molecule has 1 amide bonds. The van der Waals surface area contributed by atoms with Crippen LogP contribution in [0.25, 0.3) is 5.76 Å². The highest BCUT2D eigenvalue weighted by Gasteiger charge is 2.86. The standard InChI is InChI=1S/C31H38N4O8/c1-29(33,13-16-7-6-8-42-16)12-15-11-19(34(2)3)17-9-14-10-18-23(35(4)5)26(38)22(28(32)40)31(41)30(18,43-31)27(39)20(14)25(37)21(17)24(15)36/h6-8,11,14,18,23,36-38,41H,9-10,12-13,33H2,1-5H3,(H2,32,40)/t14-,18-,23-,29?,30-,31?/m0/s1. The normalized spacial score (nSPS) is 30.8. The van der Waals surface area contributed by atoms with Crippen LogP contribution in [0.4, 0.5) is 5.69 Å². The van der Waals surface area contributed by atoms with Gasteiger partial charge < -0.3 is 45.9 Å².